The highest BCUT2D eigenvalue weighted by molar-refractivity contribution is 7.88. The van der Waals surface area contributed by atoms with Gasteiger partial charge in [-0.1, -0.05) is 19.1 Å². The summed E-state index contributed by atoms with van der Waals surface area (Å²) in [5, 5.41) is 0. The Morgan fingerprint density at radius 1 is 1.18 bits per heavy atom. The van der Waals surface area contributed by atoms with Gasteiger partial charge in [-0.15, -0.1) is 0 Å². The lowest BCUT2D eigenvalue weighted by atomic mass is 10.2. The van der Waals surface area contributed by atoms with Gasteiger partial charge in [-0.3, -0.25) is 0 Å². The van der Waals surface area contributed by atoms with E-state index in [0.717, 1.165) is 0 Å². The van der Waals surface area contributed by atoms with Crippen LogP contribution in [0.25, 0.3) is 0 Å². The monoisotopic (exact) mass is 349 g/mol. The van der Waals surface area contributed by atoms with Crippen molar-refractivity contribution in [1.82, 2.24) is 4.31 Å². The molecule has 0 bridgehead atoms. The maximum absolute atomic E-state index is 11.9. The third-order valence-electron chi connectivity index (χ3n) is 3.32. The van der Waals surface area contributed by atoms with E-state index < -0.39 is 20.1 Å². The van der Waals surface area contributed by atoms with E-state index in [4.69, 9.17) is 4.18 Å². The summed E-state index contributed by atoms with van der Waals surface area (Å²) in [4.78, 5) is 0. The van der Waals surface area contributed by atoms with E-state index in [-0.39, 0.29) is 24.1 Å². The zero-order valence-corrected chi connectivity index (χ0v) is 14.9. The highest BCUT2D eigenvalue weighted by Gasteiger charge is 2.22. The van der Waals surface area contributed by atoms with Gasteiger partial charge < -0.3 is 4.18 Å². The molecule has 0 saturated carbocycles. The predicted molar refractivity (Wildman–Crippen MR) is 86.7 cm³/mol. The average Bonchev–Trinajstić information content (AvgIpc) is 2.43. The van der Waals surface area contributed by atoms with Crippen LogP contribution in [0.15, 0.2) is 24.3 Å². The fraction of sp³-hybridized carbons (Fsp3) is 0.571. The zero-order valence-electron chi connectivity index (χ0n) is 13.3. The normalized spacial score (nSPS) is 14.0. The summed E-state index contributed by atoms with van der Waals surface area (Å²) in [6.45, 7) is 5.42. The standard InChI is InChI=1S/C14H23NO5S2/c1-5-12(3)15(21(4,16)17)11-13-8-7-9-14(10-13)20-22(18,19)6-2/h7-10,12H,5-6,11H2,1-4H3. The minimum atomic E-state index is -3.60. The molecule has 8 heteroatoms. The van der Waals surface area contributed by atoms with E-state index in [0.29, 0.717) is 12.0 Å². The zero-order chi connectivity index (χ0) is 17.0. The van der Waals surface area contributed by atoms with E-state index in [1.54, 1.807) is 18.2 Å². The Labute approximate surface area is 133 Å². The molecule has 1 atom stereocenters. The minimum absolute atomic E-state index is 0.125. The lowest BCUT2D eigenvalue weighted by Gasteiger charge is -2.26. The van der Waals surface area contributed by atoms with Crippen molar-refractivity contribution >= 4 is 20.1 Å². The van der Waals surface area contributed by atoms with Gasteiger partial charge in [0.15, 0.2) is 0 Å². The first-order chi connectivity index (χ1) is 10.1. The molecule has 1 rings (SSSR count). The van der Waals surface area contributed by atoms with Gasteiger partial charge in [0.25, 0.3) is 0 Å². The molecular formula is C14H23NO5S2. The third kappa shape index (κ3) is 5.58. The number of hydrogen-bond donors (Lipinski definition) is 0. The largest absolute Gasteiger partial charge is 0.382 e. The summed E-state index contributed by atoms with van der Waals surface area (Å²) in [6, 6.07) is 6.33. The van der Waals surface area contributed by atoms with Gasteiger partial charge >= 0.3 is 10.1 Å². The van der Waals surface area contributed by atoms with Crippen LogP contribution in [-0.2, 0) is 26.7 Å². The van der Waals surface area contributed by atoms with Gasteiger partial charge in [0.1, 0.15) is 5.75 Å². The van der Waals surface area contributed by atoms with E-state index >= 15 is 0 Å². The van der Waals surface area contributed by atoms with Crippen LogP contribution >= 0.6 is 0 Å². The molecule has 0 spiro atoms. The predicted octanol–water partition coefficient (Wildman–Crippen LogP) is 1.98. The second kappa shape index (κ2) is 7.43. The van der Waals surface area contributed by atoms with Gasteiger partial charge in [0.05, 0.1) is 12.0 Å². The molecule has 0 saturated heterocycles. The van der Waals surface area contributed by atoms with Crippen LogP contribution in [0, 0.1) is 0 Å². The van der Waals surface area contributed by atoms with Crippen LogP contribution in [-0.4, -0.2) is 39.2 Å². The average molecular weight is 349 g/mol. The Bertz CT molecular complexity index is 698. The quantitative estimate of drug-likeness (QED) is 0.670. The van der Waals surface area contributed by atoms with Crippen molar-refractivity contribution in [1.29, 1.82) is 0 Å². The van der Waals surface area contributed by atoms with Crippen molar-refractivity contribution in [2.75, 3.05) is 12.0 Å². The van der Waals surface area contributed by atoms with Crippen molar-refractivity contribution in [2.24, 2.45) is 0 Å². The van der Waals surface area contributed by atoms with Crippen molar-refractivity contribution in [3.8, 4) is 5.75 Å². The molecule has 1 unspecified atom stereocenters. The topological polar surface area (TPSA) is 80.8 Å². The van der Waals surface area contributed by atoms with Crippen LogP contribution in [0.2, 0.25) is 0 Å². The van der Waals surface area contributed by atoms with Crippen molar-refractivity contribution in [3.05, 3.63) is 29.8 Å². The maximum Gasteiger partial charge on any atom is 0.308 e. The van der Waals surface area contributed by atoms with E-state index in [2.05, 4.69) is 0 Å². The molecule has 0 fully saturated rings. The molecule has 0 heterocycles. The summed E-state index contributed by atoms with van der Waals surface area (Å²) < 4.78 is 53.1. The number of hydrogen-bond acceptors (Lipinski definition) is 5. The molecule has 0 radical (unpaired) electrons. The number of rotatable bonds is 8. The van der Waals surface area contributed by atoms with Crippen LogP contribution < -0.4 is 4.18 Å². The minimum Gasteiger partial charge on any atom is -0.382 e. The molecule has 0 aliphatic carbocycles. The van der Waals surface area contributed by atoms with Crippen molar-refractivity contribution in [3.63, 3.8) is 0 Å². The molecule has 0 N–H and O–H groups in total. The van der Waals surface area contributed by atoms with Crippen molar-refractivity contribution in [2.45, 2.75) is 39.8 Å². The molecule has 0 aromatic heterocycles. The van der Waals surface area contributed by atoms with Gasteiger partial charge in [0, 0.05) is 12.6 Å². The van der Waals surface area contributed by atoms with Crippen LogP contribution in [0.3, 0.4) is 0 Å². The summed E-state index contributed by atoms with van der Waals surface area (Å²) >= 11 is 0. The Hall–Kier alpha value is -1.12. The second-order valence-electron chi connectivity index (χ2n) is 5.14. The summed E-state index contributed by atoms with van der Waals surface area (Å²) in [6.07, 6.45) is 1.86. The first kappa shape index (κ1) is 18.9. The van der Waals surface area contributed by atoms with Crippen LogP contribution in [0.1, 0.15) is 32.8 Å². The molecule has 0 amide bonds. The molecular weight excluding hydrogens is 326 g/mol. The Balaban J connectivity index is 3.02. The summed E-state index contributed by atoms with van der Waals surface area (Å²) in [7, 11) is -6.95. The molecule has 6 nitrogen and oxygen atoms in total. The van der Waals surface area contributed by atoms with E-state index in [1.807, 2.05) is 13.8 Å². The lowest BCUT2D eigenvalue weighted by molar-refractivity contribution is 0.325. The maximum atomic E-state index is 11.9. The summed E-state index contributed by atoms with van der Waals surface area (Å²) in [5.41, 5.74) is 0.675. The SMILES string of the molecule is CCC(C)N(Cc1cccc(OS(=O)(=O)CC)c1)S(C)(=O)=O. The van der Waals surface area contributed by atoms with Gasteiger partial charge in [-0.05, 0) is 38.0 Å². The molecule has 0 aliphatic rings. The first-order valence-corrected chi connectivity index (χ1v) is 10.5. The molecule has 1 aromatic rings. The van der Waals surface area contributed by atoms with Gasteiger partial charge in [-0.2, -0.15) is 12.7 Å². The van der Waals surface area contributed by atoms with Gasteiger partial charge in [0.2, 0.25) is 10.0 Å². The molecule has 0 aliphatic heterocycles. The molecule has 22 heavy (non-hydrogen) atoms. The van der Waals surface area contributed by atoms with Gasteiger partial charge in [-0.25, -0.2) is 8.42 Å². The Kier molecular flexibility index (Phi) is 6.39. The number of sulfonamides is 1. The Morgan fingerprint density at radius 2 is 1.82 bits per heavy atom. The summed E-state index contributed by atoms with van der Waals surface area (Å²) in [5.74, 6) is 0.0662. The van der Waals surface area contributed by atoms with E-state index in [1.165, 1.54) is 23.6 Å². The first-order valence-electron chi connectivity index (χ1n) is 7.07. The van der Waals surface area contributed by atoms with Crippen LogP contribution in [0.4, 0.5) is 0 Å². The smallest absolute Gasteiger partial charge is 0.308 e. The third-order valence-corrected chi connectivity index (χ3v) is 5.82. The molecule has 1 aromatic carbocycles. The highest BCUT2D eigenvalue weighted by atomic mass is 32.2. The second-order valence-corrected chi connectivity index (χ2v) is 8.94. The molecule has 126 valence electrons. The fourth-order valence-electron chi connectivity index (χ4n) is 1.88. The van der Waals surface area contributed by atoms with Crippen LogP contribution in [0.5, 0.6) is 5.75 Å². The lowest BCUT2D eigenvalue weighted by Crippen LogP contribution is -2.36. The number of benzene rings is 1. The van der Waals surface area contributed by atoms with Crippen molar-refractivity contribution < 1.29 is 21.0 Å². The number of nitrogens with zero attached hydrogens (tertiary/aromatic N) is 1. The van der Waals surface area contributed by atoms with E-state index in [9.17, 15) is 16.8 Å². The highest BCUT2D eigenvalue weighted by Crippen LogP contribution is 2.20. The Morgan fingerprint density at radius 3 is 2.32 bits per heavy atom. The fourth-order valence-corrected chi connectivity index (χ4v) is 3.59.